The first-order valence-corrected chi connectivity index (χ1v) is 9.70. The van der Waals surface area contributed by atoms with Gasteiger partial charge < -0.3 is 15.0 Å². The van der Waals surface area contributed by atoms with Gasteiger partial charge in [0.25, 0.3) is 0 Å². The van der Waals surface area contributed by atoms with Gasteiger partial charge in [-0.25, -0.2) is 15.0 Å². The standard InChI is InChI=1S/C19H23N5OS/c1-12-9-24(10-13(2)25-12)17-5-4-15(7-20-17)8-21-18-16-6-14(3)26-19(16)23-11-22-18/h4-7,11-13H,8-10H2,1-3H3,(H,21,22,23). The van der Waals surface area contributed by atoms with Gasteiger partial charge in [0.05, 0.1) is 17.6 Å². The number of anilines is 2. The SMILES string of the molecule is Cc1cc2c(NCc3ccc(N4CC(C)OC(C)C4)nc3)ncnc2s1. The molecular weight excluding hydrogens is 346 g/mol. The van der Waals surface area contributed by atoms with Gasteiger partial charge in [0, 0.05) is 30.7 Å². The number of aromatic nitrogens is 3. The van der Waals surface area contributed by atoms with Crippen LogP contribution in [0.3, 0.4) is 0 Å². The highest BCUT2D eigenvalue weighted by Gasteiger charge is 2.22. The lowest BCUT2D eigenvalue weighted by Crippen LogP contribution is -2.45. The fraction of sp³-hybridized carbons (Fsp3) is 0.421. The number of aryl methyl sites for hydroxylation is 1. The number of nitrogens with zero attached hydrogens (tertiary/aromatic N) is 4. The van der Waals surface area contributed by atoms with E-state index in [0.29, 0.717) is 6.54 Å². The van der Waals surface area contributed by atoms with Crippen LogP contribution in [0.2, 0.25) is 0 Å². The van der Waals surface area contributed by atoms with E-state index in [4.69, 9.17) is 4.74 Å². The van der Waals surface area contributed by atoms with Crippen molar-refractivity contribution in [3.63, 3.8) is 0 Å². The highest BCUT2D eigenvalue weighted by atomic mass is 32.1. The van der Waals surface area contributed by atoms with E-state index in [1.807, 2.05) is 6.20 Å². The first-order chi connectivity index (χ1) is 12.6. The molecule has 0 saturated carbocycles. The maximum Gasteiger partial charge on any atom is 0.138 e. The van der Waals surface area contributed by atoms with Gasteiger partial charge in [-0.05, 0) is 38.5 Å². The molecule has 3 aromatic heterocycles. The van der Waals surface area contributed by atoms with E-state index in [2.05, 4.69) is 64.1 Å². The summed E-state index contributed by atoms with van der Waals surface area (Å²) in [5.74, 6) is 1.88. The van der Waals surface area contributed by atoms with Crippen LogP contribution in [0.1, 0.15) is 24.3 Å². The number of hydrogen-bond donors (Lipinski definition) is 1. The molecule has 0 amide bonds. The van der Waals surface area contributed by atoms with Gasteiger partial charge in [-0.2, -0.15) is 0 Å². The van der Waals surface area contributed by atoms with Crippen molar-refractivity contribution in [2.75, 3.05) is 23.3 Å². The monoisotopic (exact) mass is 369 g/mol. The normalized spacial score (nSPS) is 20.5. The van der Waals surface area contributed by atoms with Gasteiger partial charge in [0.15, 0.2) is 0 Å². The van der Waals surface area contributed by atoms with Gasteiger partial charge in [-0.1, -0.05) is 6.07 Å². The van der Waals surface area contributed by atoms with Crippen LogP contribution >= 0.6 is 11.3 Å². The van der Waals surface area contributed by atoms with Crippen molar-refractivity contribution >= 4 is 33.2 Å². The lowest BCUT2D eigenvalue weighted by molar-refractivity contribution is -0.00545. The molecule has 0 spiro atoms. The Labute approximate surface area is 157 Å². The van der Waals surface area contributed by atoms with Crippen LogP contribution in [-0.2, 0) is 11.3 Å². The molecule has 0 aromatic carbocycles. The summed E-state index contributed by atoms with van der Waals surface area (Å²) < 4.78 is 5.80. The van der Waals surface area contributed by atoms with Crippen LogP contribution in [-0.4, -0.2) is 40.2 Å². The molecule has 6 nitrogen and oxygen atoms in total. The number of thiophene rings is 1. The minimum atomic E-state index is 0.233. The molecule has 0 bridgehead atoms. The molecule has 1 aliphatic heterocycles. The summed E-state index contributed by atoms with van der Waals surface area (Å²) in [6, 6.07) is 6.34. The smallest absolute Gasteiger partial charge is 0.138 e. The third kappa shape index (κ3) is 3.64. The third-order valence-corrected chi connectivity index (χ3v) is 5.42. The van der Waals surface area contributed by atoms with Crippen molar-refractivity contribution in [1.82, 2.24) is 15.0 Å². The largest absolute Gasteiger partial charge is 0.372 e. The Bertz CT molecular complexity index is 885. The van der Waals surface area contributed by atoms with E-state index in [1.165, 1.54) is 4.88 Å². The summed E-state index contributed by atoms with van der Waals surface area (Å²) in [4.78, 5) is 17.9. The Hall–Kier alpha value is -2.25. The number of morpholine rings is 1. The summed E-state index contributed by atoms with van der Waals surface area (Å²) in [6.07, 6.45) is 4.01. The molecular formula is C19H23N5OS. The van der Waals surface area contributed by atoms with Crippen molar-refractivity contribution in [2.45, 2.75) is 39.5 Å². The van der Waals surface area contributed by atoms with Crippen molar-refractivity contribution in [3.05, 3.63) is 41.2 Å². The van der Waals surface area contributed by atoms with Gasteiger partial charge in [-0.15, -0.1) is 11.3 Å². The van der Waals surface area contributed by atoms with E-state index in [0.717, 1.165) is 40.5 Å². The van der Waals surface area contributed by atoms with Crippen molar-refractivity contribution in [1.29, 1.82) is 0 Å². The number of ether oxygens (including phenoxy) is 1. The zero-order chi connectivity index (χ0) is 18.1. The second-order valence-corrected chi connectivity index (χ2v) is 8.07. The molecule has 0 aliphatic carbocycles. The van der Waals surface area contributed by atoms with Crippen molar-refractivity contribution in [2.24, 2.45) is 0 Å². The highest BCUT2D eigenvalue weighted by molar-refractivity contribution is 7.18. The molecule has 1 saturated heterocycles. The molecule has 26 heavy (non-hydrogen) atoms. The molecule has 7 heteroatoms. The topological polar surface area (TPSA) is 63.2 Å². The molecule has 2 atom stereocenters. The first kappa shape index (κ1) is 17.2. The summed E-state index contributed by atoms with van der Waals surface area (Å²) in [6.45, 7) is 8.75. The predicted molar refractivity (Wildman–Crippen MR) is 106 cm³/mol. The van der Waals surface area contributed by atoms with E-state index >= 15 is 0 Å². The molecule has 1 fully saturated rings. The lowest BCUT2D eigenvalue weighted by Gasteiger charge is -2.36. The Morgan fingerprint density at radius 2 is 2.00 bits per heavy atom. The molecule has 136 valence electrons. The Balaban J connectivity index is 1.44. The van der Waals surface area contributed by atoms with Gasteiger partial charge >= 0.3 is 0 Å². The van der Waals surface area contributed by atoms with Crippen molar-refractivity contribution < 1.29 is 4.74 Å². The molecule has 4 heterocycles. The Morgan fingerprint density at radius 1 is 1.19 bits per heavy atom. The van der Waals surface area contributed by atoms with E-state index in [-0.39, 0.29) is 12.2 Å². The van der Waals surface area contributed by atoms with Crippen LogP contribution in [0, 0.1) is 6.92 Å². The molecule has 1 N–H and O–H groups in total. The third-order valence-electron chi connectivity index (χ3n) is 4.47. The van der Waals surface area contributed by atoms with Gasteiger partial charge in [-0.3, -0.25) is 0 Å². The predicted octanol–water partition coefficient (Wildman–Crippen LogP) is 3.62. The number of rotatable bonds is 4. The highest BCUT2D eigenvalue weighted by Crippen LogP contribution is 2.27. The van der Waals surface area contributed by atoms with Crippen molar-refractivity contribution in [3.8, 4) is 0 Å². The minimum Gasteiger partial charge on any atom is -0.372 e. The Kier molecular flexibility index (Phi) is 4.74. The van der Waals surface area contributed by atoms with Gasteiger partial charge in [0.1, 0.15) is 22.8 Å². The second kappa shape index (κ2) is 7.17. The van der Waals surface area contributed by atoms with Crippen LogP contribution in [0.15, 0.2) is 30.7 Å². The number of hydrogen-bond acceptors (Lipinski definition) is 7. The first-order valence-electron chi connectivity index (χ1n) is 8.89. The fourth-order valence-corrected chi connectivity index (χ4v) is 4.22. The molecule has 1 aliphatic rings. The number of pyridine rings is 1. The maximum absolute atomic E-state index is 5.80. The van der Waals surface area contributed by atoms with Crippen LogP contribution in [0.25, 0.3) is 10.2 Å². The molecule has 4 rings (SSSR count). The fourth-order valence-electron chi connectivity index (χ4n) is 3.38. The quantitative estimate of drug-likeness (QED) is 0.758. The van der Waals surface area contributed by atoms with Crippen LogP contribution in [0.5, 0.6) is 0 Å². The average molecular weight is 369 g/mol. The minimum absolute atomic E-state index is 0.233. The number of nitrogens with one attached hydrogen (secondary N) is 1. The summed E-state index contributed by atoms with van der Waals surface area (Å²) >= 11 is 1.69. The summed E-state index contributed by atoms with van der Waals surface area (Å²) in [7, 11) is 0. The maximum atomic E-state index is 5.80. The van der Waals surface area contributed by atoms with Crippen LogP contribution in [0.4, 0.5) is 11.6 Å². The average Bonchev–Trinajstić information content (AvgIpc) is 3.00. The molecule has 3 aromatic rings. The lowest BCUT2D eigenvalue weighted by atomic mass is 10.2. The molecule has 0 radical (unpaired) electrons. The molecule has 2 unspecified atom stereocenters. The zero-order valence-corrected chi connectivity index (χ0v) is 16.1. The summed E-state index contributed by atoms with van der Waals surface area (Å²) in [5, 5.41) is 4.49. The zero-order valence-electron chi connectivity index (χ0n) is 15.3. The van der Waals surface area contributed by atoms with E-state index < -0.39 is 0 Å². The van der Waals surface area contributed by atoms with E-state index in [9.17, 15) is 0 Å². The van der Waals surface area contributed by atoms with Gasteiger partial charge in [0.2, 0.25) is 0 Å². The Morgan fingerprint density at radius 3 is 2.73 bits per heavy atom. The second-order valence-electron chi connectivity index (χ2n) is 6.84. The van der Waals surface area contributed by atoms with Crippen LogP contribution < -0.4 is 10.2 Å². The summed E-state index contributed by atoms with van der Waals surface area (Å²) in [5.41, 5.74) is 1.13. The number of fused-ring (bicyclic) bond motifs is 1. The van der Waals surface area contributed by atoms with E-state index in [1.54, 1.807) is 17.7 Å².